The number of piperazine rings is 1. The molecule has 0 N–H and O–H groups in total. The highest BCUT2D eigenvalue weighted by molar-refractivity contribution is 6.30. The maximum Gasteiger partial charge on any atom is 0.410 e. The van der Waals surface area contributed by atoms with Crippen molar-refractivity contribution in [3.8, 4) is 0 Å². The highest BCUT2D eigenvalue weighted by atomic mass is 35.5. The molecule has 33 heavy (non-hydrogen) atoms. The van der Waals surface area contributed by atoms with E-state index in [1.54, 1.807) is 0 Å². The van der Waals surface area contributed by atoms with Gasteiger partial charge in [0.15, 0.2) is 0 Å². The number of carbonyl (C=O) groups excluding carboxylic acids is 1. The van der Waals surface area contributed by atoms with Crippen LogP contribution < -0.4 is 0 Å². The number of ether oxygens (including phenoxy) is 1. The van der Waals surface area contributed by atoms with Gasteiger partial charge in [-0.2, -0.15) is 0 Å². The topological polar surface area (TPSA) is 48.9 Å². The summed E-state index contributed by atoms with van der Waals surface area (Å²) in [6.45, 7) is 12.2. The molecule has 6 nitrogen and oxygen atoms in total. The third kappa shape index (κ3) is 6.69. The summed E-state index contributed by atoms with van der Waals surface area (Å²) in [4.78, 5) is 24.4. The number of aromatic nitrogens is 1. The van der Waals surface area contributed by atoms with Gasteiger partial charge >= 0.3 is 6.09 Å². The number of nitrogens with zero attached hydrogens (tertiary/aromatic N) is 4. The van der Waals surface area contributed by atoms with Gasteiger partial charge < -0.3 is 9.64 Å². The van der Waals surface area contributed by atoms with Crippen LogP contribution >= 0.6 is 11.6 Å². The first-order chi connectivity index (χ1) is 15.8. The predicted octanol–water partition coefficient (Wildman–Crippen LogP) is 4.26. The largest absolute Gasteiger partial charge is 0.444 e. The molecule has 0 unspecified atom stereocenters. The average Bonchev–Trinajstić information content (AvgIpc) is 2.78. The number of rotatable bonds is 5. The van der Waals surface area contributed by atoms with Gasteiger partial charge in [-0.15, -0.1) is 0 Å². The minimum absolute atomic E-state index is 0.0704. The predicted molar refractivity (Wildman–Crippen MR) is 132 cm³/mol. The van der Waals surface area contributed by atoms with Crippen molar-refractivity contribution in [3.05, 3.63) is 64.4 Å². The molecule has 1 aromatic carbocycles. The molecule has 1 amide bonds. The van der Waals surface area contributed by atoms with Crippen LogP contribution in [-0.2, 0) is 24.1 Å². The lowest BCUT2D eigenvalue weighted by molar-refractivity contribution is -0.00242. The second-order valence-corrected chi connectivity index (χ2v) is 10.5. The summed E-state index contributed by atoms with van der Waals surface area (Å²) < 4.78 is 5.72. The lowest BCUT2D eigenvalue weighted by Gasteiger charge is -2.42. The standard InChI is InChI=1S/C26H35ClN4O2/c1-26(2,3)33-25(32)31-16-15-30(19-23(31)17-20-6-8-22(27)9-7-20)14-13-29-12-10-24-21(18-29)5-4-11-28-24/h4-9,11,23H,10,12-19H2,1-3H3/t23-/m1/s1. The van der Waals surface area contributed by atoms with E-state index in [0.29, 0.717) is 6.54 Å². The van der Waals surface area contributed by atoms with E-state index in [1.165, 1.54) is 16.8 Å². The Bertz CT molecular complexity index is 944. The summed E-state index contributed by atoms with van der Waals surface area (Å²) in [5.41, 5.74) is 3.26. The fourth-order valence-corrected chi connectivity index (χ4v) is 4.77. The van der Waals surface area contributed by atoms with Crippen LogP contribution in [-0.4, -0.2) is 76.7 Å². The molecule has 7 heteroatoms. The van der Waals surface area contributed by atoms with E-state index < -0.39 is 5.60 Å². The smallest absolute Gasteiger partial charge is 0.410 e. The summed E-state index contributed by atoms with van der Waals surface area (Å²) >= 11 is 6.07. The van der Waals surface area contributed by atoms with Gasteiger partial charge in [-0.05, 0) is 56.5 Å². The molecule has 178 valence electrons. The number of halogens is 1. The maximum absolute atomic E-state index is 12.9. The van der Waals surface area contributed by atoms with E-state index in [4.69, 9.17) is 16.3 Å². The second-order valence-electron chi connectivity index (χ2n) is 10.1. The number of carbonyl (C=O) groups is 1. The van der Waals surface area contributed by atoms with Crippen molar-refractivity contribution in [2.75, 3.05) is 39.3 Å². The molecule has 1 saturated heterocycles. The summed E-state index contributed by atoms with van der Waals surface area (Å²) in [5.74, 6) is 0. The SMILES string of the molecule is CC(C)(C)OC(=O)N1CCN(CCN2CCc3ncccc3C2)C[C@H]1Cc1ccc(Cl)cc1. The Labute approximate surface area is 202 Å². The zero-order valence-corrected chi connectivity index (χ0v) is 20.7. The Balaban J connectivity index is 1.38. The molecule has 1 aromatic heterocycles. The summed E-state index contributed by atoms with van der Waals surface area (Å²) in [5, 5.41) is 0.728. The lowest BCUT2D eigenvalue weighted by atomic mass is 10.0. The van der Waals surface area contributed by atoms with Gasteiger partial charge in [-0.25, -0.2) is 4.79 Å². The molecule has 1 atom stereocenters. The molecule has 1 fully saturated rings. The molecular weight excluding hydrogens is 436 g/mol. The third-order valence-corrected chi connectivity index (χ3v) is 6.61. The monoisotopic (exact) mass is 470 g/mol. The molecule has 4 rings (SSSR count). The summed E-state index contributed by atoms with van der Waals surface area (Å²) in [7, 11) is 0. The van der Waals surface area contributed by atoms with Crippen LogP contribution in [0.4, 0.5) is 4.79 Å². The van der Waals surface area contributed by atoms with Crippen molar-refractivity contribution >= 4 is 17.7 Å². The quantitative estimate of drug-likeness (QED) is 0.653. The van der Waals surface area contributed by atoms with Crippen molar-refractivity contribution in [1.29, 1.82) is 0 Å². The summed E-state index contributed by atoms with van der Waals surface area (Å²) in [6.07, 6.45) is 3.47. The molecule has 0 bridgehead atoms. The highest BCUT2D eigenvalue weighted by Gasteiger charge is 2.33. The number of hydrogen-bond acceptors (Lipinski definition) is 5. The van der Waals surface area contributed by atoms with Crippen LogP contribution in [0.3, 0.4) is 0 Å². The molecular formula is C26H35ClN4O2. The number of pyridine rings is 1. The van der Waals surface area contributed by atoms with E-state index in [9.17, 15) is 4.79 Å². The molecule has 0 radical (unpaired) electrons. The number of fused-ring (bicyclic) bond motifs is 1. The lowest BCUT2D eigenvalue weighted by Crippen LogP contribution is -2.57. The Kier molecular flexibility index (Phi) is 7.57. The Morgan fingerprint density at radius 2 is 1.85 bits per heavy atom. The fraction of sp³-hybridized carbons (Fsp3) is 0.538. The first-order valence-corrected chi connectivity index (χ1v) is 12.3. The van der Waals surface area contributed by atoms with Gasteiger partial charge in [0.1, 0.15) is 5.60 Å². The van der Waals surface area contributed by atoms with Crippen molar-refractivity contribution in [3.63, 3.8) is 0 Å². The van der Waals surface area contributed by atoms with Gasteiger partial charge in [-0.3, -0.25) is 14.8 Å². The normalized spacial score (nSPS) is 19.9. The molecule has 0 spiro atoms. The van der Waals surface area contributed by atoms with Crippen molar-refractivity contribution < 1.29 is 9.53 Å². The third-order valence-electron chi connectivity index (χ3n) is 6.36. The minimum atomic E-state index is -0.502. The Morgan fingerprint density at radius 1 is 1.09 bits per heavy atom. The van der Waals surface area contributed by atoms with Crippen molar-refractivity contribution in [2.45, 2.75) is 51.8 Å². The molecule has 2 aromatic rings. The Morgan fingerprint density at radius 3 is 2.61 bits per heavy atom. The maximum atomic E-state index is 12.9. The fourth-order valence-electron chi connectivity index (χ4n) is 4.65. The van der Waals surface area contributed by atoms with Crippen LogP contribution in [0.25, 0.3) is 0 Å². The molecule has 0 saturated carbocycles. The van der Waals surface area contributed by atoms with Crippen LogP contribution in [0.2, 0.25) is 5.02 Å². The van der Waals surface area contributed by atoms with Crippen LogP contribution in [0.15, 0.2) is 42.6 Å². The first-order valence-electron chi connectivity index (χ1n) is 11.9. The zero-order valence-electron chi connectivity index (χ0n) is 20.0. The first kappa shape index (κ1) is 24.0. The highest BCUT2D eigenvalue weighted by Crippen LogP contribution is 2.21. The Hall–Kier alpha value is -2.15. The summed E-state index contributed by atoms with van der Waals surface area (Å²) in [6, 6.07) is 12.2. The van der Waals surface area contributed by atoms with Gasteiger partial charge in [0.2, 0.25) is 0 Å². The molecule has 0 aliphatic carbocycles. The minimum Gasteiger partial charge on any atom is -0.444 e. The van der Waals surface area contributed by atoms with Gasteiger partial charge in [-0.1, -0.05) is 29.8 Å². The van der Waals surface area contributed by atoms with Crippen LogP contribution in [0, 0.1) is 0 Å². The molecule has 2 aliphatic rings. The van der Waals surface area contributed by atoms with E-state index in [1.807, 2.05) is 62.2 Å². The number of amides is 1. The van der Waals surface area contributed by atoms with E-state index >= 15 is 0 Å². The van der Waals surface area contributed by atoms with Gasteiger partial charge in [0.05, 0.1) is 6.04 Å². The van der Waals surface area contributed by atoms with Crippen LogP contribution in [0.5, 0.6) is 0 Å². The van der Waals surface area contributed by atoms with Gasteiger partial charge in [0, 0.05) is 69.1 Å². The van der Waals surface area contributed by atoms with Crippen molar-refractivity contribution in [1.82, 2.24) is 19.7 Å². The van der Waals surface area contributed by atoms with Gasteiger partial charge in [0.25, 0.3) is 0 Å². The molecule has 3 heterocycles. The zero-order chi connectivity index (χ0) is 23.4. The van der Waals surface area contributed by atoms with Crippen LogP contribution in [0.1, 0.15) is 37.6 Å². The second kappa shape index (κ2) is 10.4. The van der Waals surface area contributed by atoms with E-state index in [2.05, 4.69) is 20.9 Å². The number of benzene rings is 1. The van der Waals surface area contributed by atoms with E-state index in [-0.39, 0.29) is 12.1 Å². The number of hydrogen-bond donors (Lipinski definition) is 0. The van der Waals surface area contributed by atoms with Crippen molar-refractivity contribution in [2.24, 2.45) is 0 Å². The van der Waals surface area contributed by atoms with E-state index in [0.717, 1.165) is 57.1 Å². The average molecular weight is 471 g/mol. The molecule has 2 aliphatic heterocycles.